The van der Waals surface area contributed by atoms with Gasteiger partial charge in [-0.05, 0) is 48.6 Å². The molecular formula is C17H17F2NO. The zero-order chi connectivity index (χ0) is 14.8. The summed E-state index contributed by atoms with van der Waals surface area (Å²) in [6, 6.07) is 9.36. The lowest BCUT2D eigenvalue weighted by atomic mass is 10.1. The summed E-state index contributed by atoms with van der Waals surface area (Å²) in [5.41, 5.74) is 3.73. The van der Waals surface area contributed by atoms with E-state index in [1.807, 2.05) is 6.07 Å². The molecule has 2 nitrogen and oxygen atoms in total. The Morgan fingerprint density at radius 3 is 2.67 bits per heavy atom. The molecule has 4 heteroatoms. The first-order chi connectivity index (χ1) is 10.1. The molecule has 2 aromatic carbocycles. The number of halogens is 2. The van der Waals surface area contributed by atoms with Crippen molar-refractivity contribution in [2.24, 2.45) is 0 Å². The van der Waals surface area contributed by atoms with Crippen molar-refractivity contribution in [2.75, 3.05) is 11.9 Å². The Kier molecular flexibility index (Phi) is 3.88. The van der Waals surface area contributed by atoms with E-state index in [0.29, 0.717) is 0 Å². The molecule has 0 bridgehead atoms. The van der Waals surface area contributed by atoms with Gasteiger partial charge in [0.25, 0.3) is 0 Å². The van der Waals surface area contributed by atoms with Crippen LogP contribution >= 0.6 is 0 Å². The van der Waals surface area contributed by atoms with Gasteiger partial charge in [-0.15, -0.1) is 0 Å². The average molecular weight is 289 g/mol. The maximum absolute atomic E-state index is 13.6. The summed E-state index contributed by atoms with van der Waals surface area (Å²) in [5, 5.41) is 13.1. The number of aliphatic hydroxyl groups is 1. The molecule has 0 fully saturated rings. The zero-order valence-corrected chi connectivity index (χ0v) is 11.6. The van der Waals surface area contributed by atoms with Gasteiger partial charge in [-0.2, -0.15) is 0 Å². The van der Waals surface area contributed by atoms with Gasteiger partial charge in [0.15, 0.2) is 0 Å². The zero-order valence-electron chi connectivity index (χ0n) is 11.6. The number of aliphatic hydroxyl groups excluding tert-OH is 1. The highest BCUT2D eigenvalue weighted by atomic mass is 19.1. The Labute approximate surface area is 122 Å². The van der Waals surface area contributed by atoms with Gasteiger partial charge in [0.1, 0.15) is 11.6 Å². The predicted octanol–water partition coefficient (Wildman–Crippen LogP) is 3.60. The third kappa shape index (κ3) is 3.05. The van der Waals surface area contributed by atoms with E-state index in [-0.39, 0.29) is 12.1 Å². The molecular weight excluding hydrogens is 272 g/mol. The smallest absolute Gasteiger partial charge is 0.131 e. The third-order valence-corrected chi connectivity index (χ3v) is 3.92. The lowest BCUT2D eigenvalue weighted by molar-refractivity contribution is 0.186. The van der Waals surface area contributed by atoms with Crippen LogP contribution < -0.4 is 5.32 Å². The van der Waals surface area contributed by atoms with E-state index in [1.54, 1.807) is 0 Å². The van der Waals surface area contributed by atoms with Gasteiger partial charge < -0.3 is 10.4 Å². The van der Waals surface area contributed by atoms with Crippen LogP contribution in [0.5, 0.6) is 0 Å². The first-order valence-electron chi connectivity index (χ1n) is 7.12. The molecule has 1 unspecified atom stereocenters. The number of nitrogens with one attached hydrogen (secondary N) is 1. The number of hydrogen-bond acceptors (Lipinski definition) is 2. The molecule has 21 heavy (non-hydrogen) atoms. The van der Waals surface area contributed by atoms with Crippen molar-refractivity contribution in [2.45, 2.75) is 25.4 Å². The van der Waals surface area contributed by atoms with Crippen LogP contribution in [0.1, 0.15) is 29.2 Å². The largest absolute Gasteiger partial charge is 0.386 e. The maximum atomic E-state index is 13.6. The molecule has 1 atom stereocenters. The summed E-state index contributed by atoms with van der Waals surface area (Å²) in [5.74, 6) is -1.37. The van der Waals surface area contributed by atoms with Crippen LogP contribution in [0.3, 0.4) is 0 Å². The van der Waals surface area contributed by atoms with E-state index in [2.05, 4.69) is 17.4 Å². The summed E-state index contributed by atoms with van der Waals surface area (Å²) >= 11 is 0. The summed E-state index contributed by atoms with van der Waals surface area (Å²) in [6.45, 7) is 0.182. The Hall–Kier alpha value is -1.94. The molecule has 110 valence electrons. The fourth-order valence-corrected chi connectivity index (χ4v) is 2.78. The molecule has 2 aromatic rings. The number of rotatable bonds is 4. The van der Waals surface area contributed by atoms with Crippen molar-refractivity contribution in [3.05, 3.63) is 64.7 Å². The molecule has 0 aromatic heterocycles. The molecule has 1 aliphatic rings. The quantitative estimate of drug-likeness (QED) is 0.901. The molecule has 0 saturated carbocycles. The lowest BCUT2D eigenvalue weighted by Crippen LogP contribution is -2.13. The van der Waals surface area contributed by atoms with E-state index < -0.39 is 17.7 Å². The third-order valence-electron chi connectivity index (χ3n) is 3.92. The van der Waals surface area contributed by atoms with E-state index >= 15 is 0 Å². The molecule has 2 N–H and O–H groups in total. The van der Waals surface area contributed by atoms with Crippen molar-refractivity contribution < 1.29 is 13.9 Å². The second-order valence-corrected chi connectivity index (χ2v) is 5.40. The van der Waals surface area contributed by atoms with E-state index in [9.17, 15) is 13.9 Å². The fraction of sp³-hybridized carbons (Fsp3) is 0.294. The SMILES string of the molecule is OC(CNc1ccc2c(c1)CCC2)c1ccc(F)cc1F. The Balaban J connectivity index is 1.67. The summed E-state index contributed by atoms with van der Waals surface area (Å²) in [7, 11) is 0. The van der Waals surface area contributed by atoms with Crippen molar-refractivity contribution >= 4 is 5.69 Å². The van der Waals surface area contributed by atoms with Gasteiger partial charge in [0.2, 0.25) is 0 Å². The molecule has 0 spiro atoms. The van der Waals surface area contributed by atoms with Crippen molar-refractivity contribution in [3.63, 3.8) is 0 Å². The van der Waals surface area contributed by atoms with Crippen LogP contribution in [0, 0.1) is 11.6 Å². The molecule has 0 amide bonds. The molecule has 0 heterocycles. The van der Waals surface area contributed by atoms with Crippen LogP contribution in [0.15, 0.2) is 36.4 Å². The highest BCUT2D eigenvalue weighted by Gasteiger charge is 2.14. The standard InChI is InChI=1S/C17H17F2NO/c18-13-5-7-15(16(19)9-13)17(21)10-20-14-6-4-11-2-1-3-12(11)8-14/h4-9,17,20-21H,1-3,10H2. The fourth-order valence-electron chi connectivity index (χ4n) is 2.78. The second-order valence-electron chi connectivity index (χ2n) is 5.40. The summed E-state index contributed by atoms with van der Waals surface area (Å²) in [6.07, 6.45) is 2.38. The van der Waals surface area contributed by atoms with Crippen LogP contribution in [0.2, 0.25) is 0 Å². The van der Waals surface area contributed by atoms with Crippen molar-refractivity contribution in [3.8, 4) is 0 Å². The predicted molar refractivity (Wildman–Crippen MR) is 78.3 cm³/mol. The second kappa shape index (κ2) is 5.82. The monoisotopic (exact) mass is 289 g/mol. The lowest BCUT2D eigenvalue weighted by Gasteiger charge is -2.14. The molecule has 3 rings (SSSR count). The summed E-state index contributed by atoms with van der Waals surface area (Å²) in [4.78, 5) is 0. The van der Waals surface area contributed by atoms with Crippen LogP contribution in [0.4, 0.5) is 14.5 Å². The van der Waals surface area contributed by atoms with Gasteiger partial charge in [-0.1, -0.05) is 12.1 Å². The van der Waals surface area contributed by atoms with Crippen LogP contribution in [0.25, 0.3) is 0 Å². The topological polar surface area (TPSA) is 32.3 Å². The van der Waals surface area contributed by atoms with Gasteiger partial charge in [-0.3, -0.25) is 0 Å². The number of fused-ring (bicyclic) bond motifs is 1. The average Bonchev–Trinajstić information content (AvgIpc) is 2.92. The van der Waals surface area contributed by atoms with Crippen molar-refractivity contribution in [1.82, 2.24) is 0 Å². The van der Waals surface area contributed by atoms with E-state index in [1.165, 1.54) is 23.6 Å². The molecule has 0 radical (unpaired) electrons. The Morgan fingerprint density at radius 1 is 1.05 bits per heavy atom. The number of benzene rings is 2. The van der Waals surface area contributed by atoms with Gasteiger partial charge in [0, 0.05) is 23.9 Å². The number of aryl methyl sites for hydroxylation is 2. The molecule has 0 saturated heterocycles. The van der Waals surface area contributed by atoms with E-state index in [4.69, 9.17) is 0 Å². The minimum Gasteiger partial charge on any atom is -0.386 e. The summed E-state index contributed by atoms with van der Waals surface area (Å²) < 4.78 is 26.4. The number of hydrogen-bond donors (Lipinski definition) is 2. The van der Waals surface area contributed by atoms with Gasteiger partial charge in [-0.25, -0.2) is 8.78 Å². The van der Waals surface area contributed by atoms with Gasteiger partial charge >= 0.3 is 0 Å². The van der Waals surface area contributed by atoms with Crippen molar-refractivity contribution in [1.29, 1.82) is 0 Å². The highest BCUT2D eigenvalue weighted by molar-refractivity contribution is 5.50. The number of anilines is 1. The van der Waals surface area contributed by atoms with Gasteiger partial charge in [0.05, 0.1) is 6.10 Å². The molecule has 1 aliphatic carbocycles. The maximum Gasteiger partial charge on any atom is 0.131 e. The first kappa shape index (κ1) is 14.0. The molecule has 0 aliphatic heterocycles. The first-order valence-corrected chi connectivity index (χ1v) is 7.12. The van der Waals surface area contributed by atoms with E-state index in [0.717, 1.165) is 30.7 Å². The Bertz CT molecular complexity index is 657. The van der Waals surface area contributed by atoms with Crippen LogP contribution in [-0.2, 0) is 12.8 Å². The highest BCUT2D eigenvalue weighted by Crippen LogP contribution is 2.25. The minimum absolute atomic E-state index is 0.102. The minimum atomic E-state index is -1.01. The normalized spacial score (nSPS) is 14.8. The Morgan fingerprint density at radius 2 is 1.86 bits per heavy atom. The van der Waals surface area contributed by atoms with Crippen LogP contribution in [-0.4, -0.2) is 11.7 Å².